The fourth-order valence-corrected chi connectivity index (χ4v) is 4.18. The zero-order valence-corrected chi connectivity index (χ0v) is 21.9. The van der Waals surface area contributed by atoms with E-state index < -0.39 is 10.0 Å². The van der Waals surface area contributed by atoms with E-state index in [1.54, 1.807) is 24.3 Å². The van der Waals surface area contributed by atoms with E-state index in [4.69, 9.17) is 0 Å². The van der Waals surface area contributed by atoms with Gasteiger partial charge < -0.3 is 15.2 Å². The summed E-state index contributed by atoms with van der Waals surface area (Å²) in [5.41, 5.74) is 2.21. The van der Waals surface area contributed by atoms with Crippen molar-refractivity contribution in [3.8, 4) is 0 Å². The Hall–Kier alpha value is -2.11. The monoisotopic (exact) mass is 569 g/mol. The van der Waals surface area contributed by atoms with Gasteiger partial charge in [0.15, 0.2) is 5.96 Å². The summed E-state index contributed by atoms with van der Waals surface area (Å²) in [5.74, 6) is 0.754. The lowest BCUT2D eigenvalue weighted by molar-refractivity contribution is 0.520. The fraction of sp³-hybridized carbons (Fsp3) is 0.348. The molecule has 0 amide bonds. The largest absolute Gasteiger partial charge is 0.357 e. The van der Waals surface area contributed by atoms with E-state index in [2.05, 4.69) is 56.7 Å². The van der Waals surface area contributed by atoms with Crippen molar-refractivity contribution in [1.29, 1.82) is 0 Å². The number of guanidine groups is 1. The van der Waals surface area contributed by atoms with Crippen LogP contribution < -0.4 is 10.6 Å². The maximum Gasteiger partial charge on any atom is 0.242 e. The smallest absolute Gasteiger partial charge is 0.242 e. The highest BCUT2D eigenvalue weighted by molar-refractivity contribution is 14.0. The molecule has 174 valence electrons. The number of hydrogen-bond acceptors (Lipinski definition) is 3. The molecular formula is C23H32IN5O2S. The highest BCUT2D eigenvalue weighted by Crippen LogP contribution is 2.16. The first-order valence-corrected chi connectivity index (χ1v) is 11.9. The number of rotatable bonds is 9. The van der Waals surface area contributed by atoms with Gasteiger partial charge in [-0.3, -0.25) is 0 Å². The molecule has 0 aliphatic heterocycles. The number of halogens is 1. The fourth-order valence-electron chi connectivity index (χ4n) is 3.28. The summed E-state index contributed by atoms with van der Waals surface area (Å²) in [5, 5.41) is 7.89. The first-order valence-electron chi connectivity index (χ1n) is 10.5. The van der Waals surface area contributed by atoms with Crippen molar-refractivity contribution < 1.29 is 8.42 Å². The van der Waals surface area contributed by atoms with E-state index in [1.807, 2.05) is 6.92 Å². The van der Waals surface area contributed by atoms with Crippen LogP contribution in [0.2, 0.25) is 0 Å². The van der Waals surface area contributed by atoms with Crippen LogP contribution in [-0.4, -0.2) is 50.4 Å². The van der Waals surface area contributed by atoms with Crippen LogP contribution in [0.4, 0.5) is 0 Å². The normalized spacial score (nSPS) is 12.1. The quantitative estimate of drug-likeness (QED) is 0.179. The van der Waals surface area contributed by atoms with Crippen LogP contribution in [-0.2, 0) is 23.1 Å². The third kappa shape index (κ3) is 6.69. The Morgan fingerprint density at radius 1 is 1.03 bits per heavy atom. The summed E-state index contributed by atoms with van der Waals surface area (Å²) in [6.07, 6.45) is 3.10. The molecule has 1 aromatic heterocycles. The molecule has 7 nitrogen and oxygen atoms in total. The van der Waals surface area contributed by atoms with Crippen LogP contribution in [0.25, 0.3) is 10.9 Å². The van der Waals surface area contributed by atoms with Crippen LogP contribution in [0.3, 0.4) is 0 Å². The minimum atomic E-state index is -3.41. The molecule has 1 heterocycles. The van der Waals surface area contributed by atoms with E-state index in [0.717, 1.165) is 37.6 Å². The number of benzene rings is 2. The van der Waals surface area contributed by atoms with Crippen molar-refractivity contribution in [2.45, 2.75) is 31.3 Å². The lowest BCUT2D eigenvalue weighted by Crippen LogP contribution is -2.38. The van der Waals surface area contributed by atoms with Gasteiger partial charge in [0.2, 0.25) is 10.0 Å². The topological polar surface area (TPSA) is 78.7 Å². The number of para-hydroxylation sites is 1. The van der Waals surface area contributed by atoms with Crippen LogP contribution >= 0.6 is 24.0 Å². The highest BCUT2D eigenvalue weighted by atomic mass is 127. The van der Waals surface area contributed by atoms with Gasteiger partial charge >= 0.3 is 0 Å². The lowest BCUT2D eigenvalue weighted by atomic mass is 10.2. The summed E-state index contributed by atoms with van der Waals surface area (Å²) < 4.78 is 27.8. The average molecular weight is 570 g/mol. The standard InChI is InChI=1S/C23H31N5O2S.HI/c1-4-24-23(25-15-7-16-28-17-14-20-8-5-6-9-22(20)28)26-18-19-10-12-21(13-11-19)31(29,30)27(2)3;/h5-6,8-14,17H,4,7,15-16,18H2,1-3H3,(H2,24,25,26);1H. The molecule has 2 aromatic carbocycles. The molecule has 0 spiro atoms. The predicted molar refractivity (Wildman–Crippen MR) is 142 cm³/mol. The molecule has 9 heteroatoms. The molecule has 32 heavy (non-hydrogen) atoms. The number of aryl methyl sites for hydroxylation is 1. The maximum absolute atomic E-state index is 12.2. The molecule has 0 bridgehead atoms. The molecule has 0 saturated heterocycles. The molecule has 2 N–H and O–H groups in total. The lowest BCUT2D eigenvalue weighted by Gasteiger charge is -2.13. The van der Waals surface area contributed by atoms with Crippen molar-refractivity contribution in [3.05, 3.63) is 66.4 Å². The van der Waals surface area contributed by atoms with Gasteiger partial charge in [-0.2, -0.15) is 0 Å². The van der Waals surface area contributed by atoms with Crippen molar-refractivity contribution in [1.82, 2.24) is 19.5 Å². The number of nitrogens with one attached hydrogen (secondary N) is 2. The van der Waals surface area contributed by atoms with Gasteiger partial charge in [0.05, 0.1) is 11.4 Å². The van der Waals surface area contributed by atoms with Gasteiger partial charge in [-0.1, -0.05) is 30.3 Å². The third-order valence-electron chi connectivity index (χ3n) is 5.01. The van der Waals surface area contributed by atoms with E-state index in [0.29, 0.717) is 6.54 Å². The molecular weight excluding hydrogens is 537 g/mol. The van der Waals surface area contributed by atoms with Gasteiger partial charge in [0, 0.05) is 45.4 Å². The van der Waals surface area contributed by atoms with Gasteiger partial charge in [0.1, 0.15) is 0 Å². The summed E-state index contributed by atoms with van der Waals surface area (Å²) >= 11 is 0. The van der Waals surface area contributed by atoms with Crippen molar-refractivity contribution >= 4 is 50.9 Å². The zero-order chi connectivity index (χ0) is 22.3. The third-order valence-corrected chi connectivity index (χ3v) is 6.84. The molecule has 0 saturated carbocycles. The summed E-state index contributed by atoms with van der Waals surface area (Å²) in [4.78, 5) is 4.91. The van der Waals surface area contributed by atoms with Crippen molar-refractivity contribution in [3.63, 3.8) is 0 Å². The van der Waals surface area contributed by atoms with Gasteiger partial charge in [-0.05, 0) is 48.6 Å². The number of fused-ring (bicyclic) bond motifs is 1. The zero-order valence-electron chi connectivity index (χ0n) is 18.8. The molecule has 0 fully saturated rings. The summed E-state index contributed by atoms with van der Waals surface area (Å²) in [6.45, 7) is 5.01. The van der Waals surface area contributed by atoms with E-state index >= 15 is 0 Å². The number of aromatic nitrogens is 1. The second kappa shape index (κ2) is 12.2. The first kappa shape index (κ1) is 26.1. The van der Waals surface area contributed by atoms with Crippen molar-refractivity contribution in [2.75, 3.05) is 27.2 Å². The number of sulfonamides is 1. The minimum absolute atomic E-state index is 0. The van der Waals surface area contributed by atoms with Gasteiger partial charge in [-0.15, -0.1) is 24.0 Å². The van der Waals surface area contributed by atoms with Crippen LogP contribution in [0, 0.1) is 0 Å². The Balaban J connectivity index is 0.00000363. The Morgan fingerprint density at radius 3 is 2.44 bits per heavy atom. The molecule has 0 radical (unpaired) electrons. The second-order valence-corrected chi connectivity index (χ2v) is 9.63. The van der Waals surface area contributed by atoms with E-state index in [9.17, 15) is 8.42 Å². The summed E-state index contributed by atoms with van der Waals surface area (Å²) in [6, 6.07) is 17.4. The average Bonchev–Trinajstić information content (AvgIpc) is 3.18. The number of aliphatic imine (C=N–C) groups is 1. The van der Waals surface area contributed by atoms with Crippen LogP contribution in [0.1, 0.15) is 18.9 Å². The Morgan fingerprint density at radius 2 is 1.75 bits per heavy atom. The molecule has 3 rings (SSSR count). The Kier molecular flexibility index (Phi) is 9.98. The molecule has 0 atom stereocenters. The Labute approximate surface area is 208 Å². The first-order chi connectivity index (χ1) is 14.9. The maximum atomic E-state index is 12.2. The number of hydrogen-bond donors (Lipinski definition) is 2. The molecule has 0 aliphatic carbocycles. The van der Waals surface area contributed by atoms with Crippen LogP contribution in [0.5, 0.6) is 0 Å². The van der Waals surface area contributed by atoms with E-state index in [-0.39, 0.29) is 28.9 Å². The van der Waals surface area contributed by atoms with Crippen molar-refractivity contribution in [2.24, 2.45) is 4.99 Å². The summed E-state index contributed by atoms with van der Waals surface area (Å²) in [7, 11) is -0.353. The highest BCUT2D eigenvalue weighted by Gasteiger charge is 2.16. The SMILES string of the molecule is CCNC(=NCc1ccc(S(=O)(=O)N(C)C)cc1)NCCCn1ccc2ccccc21.I. The number of nitrogens with zero attached hydrogens (tertiary/aromatic N) is 3. The van der Waals surface area contributed by atoms with Crippen LogP contribution in [0.15, 0.2) is 70.7 Å². The molecule has 0 unspecified atom stereocenters. The van der Waals surface area contributed by atoms with Gasteiger partial charge in [-0.25, -0.2) is 17.7 Å². The second-order valence-electron chi connectivity index (χ2n) is 7.47. The minimum Gasteiger partial charge on any atom is -0.357 e. The molecule has 3 aromatic rings. The predicted octanol–water partition coefficient (Wildman–Crippen LogP) is 3.66. The Bertz CT molecular complexity index is 1120. The van der Waals surface area contributed by atoms with Gasteiger partial charge in [0.25, 0.3) is 0 Å². The molecule has 0 aliphatic rings. The van der Waals surface area contributed by atoms with E-state index in [1.165, 1.54) is 29.3 Å².